The smallest absolute Gasteiger partial charge is 0.340 e. The minimum Gasteiger partial charge on any atom is -0.465 e. The third-order valence-corrected chi connectivity index (χ3v) is 2.12. The van der Waals surface area contributed by atoms with E-state index in [-0.39, 0.29) is 11.3 Å². The Bertz CT molecular complexity index is 354. The van der Waals surface area contributed by atoms with Crippen LogP contribution >= 0.6 is 22.6 Å². The Kier molecular flexibility index (Phi) is 3.07. The molecule has 5 heteroatoms. The zero-order chi connectivity index (χ0) is 10.0. The van der Waals surface area contributed by atoms with Crippen LogP contribution in [0, 0.1) is 9.39 Å². The molecule has 0 aliphatic carbocycles. The maximum absolute atomic E-state index is 13.0. The average molecular weight is 295 g/mol. The minimum atomic E-state index is -0.630. The summed E-state index contributed by atoms with van der Waals surface area (Å²) in [6, 6.07) is 2.73. The van der Waals surface area contributed by atoms with Crippen molar-refractivity contribution < 1.29 is 13.9 Å². The SMILES string of the molecule is COC(=O)c1cc(I)cc(F)c1N. The van der Waals surface area contributed by atoms with Crippen molar-refractivity contribution in [2.75, 3.05) is 12.8 Å². The van der Waals surface area contributed by atoms with Gasteiger partial charge in [0, 0.05) is 3.57 Å². The zero-order valence-electron chi connectivity index (χ0n) is 6.80. The molecule has 0 unspecified atom stereocenters. The van der Waals surface area contributed by atoms with Gasteiger partial charge in [0.15, 0.2) is 0 Å². The van der Waals surface area contributed by atoms with Gasteiger partial charge in [-0.15, -0.1) is 0 Å². The first-order chi connectivity index (χ1) is 6.06. The fraction of sp³-hybridized carbons (Fsp3) is 0.125. The van der Waals surface area contributed by atoms with Crippen molar-refractivity contribution in [3.63, 3.8) is 0 Å². The normalized spacial score (nSPS) is 9.77. The van der Waals surface area contributed by atoms with Gasteiger partial charge in [-0.05, 0) is 34.7 Å². The molecule has 70 valence electrons. The van der Waals surface area contributed by atoms with Crippen molar-refractivity contribution in [1.29, 1.82) is 0 Å². The summed E-state index contributed by atoms with van der Waals surface area (Å²) in [6.45, 7) is 0. The van der Waals surface area contributed by atoms with Crippen molar-refractivity contribution in [2.45, 2.75) is 0 Å². The van der Waals surface area contributed by atoms with Crippen LogP contribution < -0.4 is 5.73 Å². The van der Waals surface area contributed by atoms with E-state index >= 15 is 0 Å². The molecule has 0 aromatic heterocycles. The number of hydrogen-bond acceptors (Lipinski definition) is 3. The van der Waals surface area contributed by atoms with Gasteiger partial charge in [-0.3, -0.25) is 0 Å². The van der Waals surface area contributed by atoms with E-state index in [1.54, 1.807) is 0 Å². The molecule has 0 spiro atoms. The molecule has 1 aromatic carbocycles. The molecule has 0 saturated heterocycles. The van der Waals surface area contributed by atoms with Crippen LogP contribution in [0.25, 0.3) is 0 Å². The van der Waals surface area contributed by atoms with Crippen LogP contribution in [0.4, 0.5) is 10.1 Å². The summed E-state index contributed by atoms with van der Waals surface area (Å²) in [5.41, 5.74) is 5.24. The maximum atomic E-state index is 13.0. The van der Waals surface area contributed by atoms with Gasteiger partial charge in [-0.1, -0.05) is 0 Å². The highest BCUT2D eigenvalue weighted by Crippen LogP contribution is 2.20. The number of carbonyl (C=O) groups is 1. The second-order valence-electron chi connectivity index (χ2n) is 2.34. The molecule has 0 atom stereocenters. The number of hydrogen-bond donors (Lipinski definition) is 1. The third kappa shape index (κ3) is 2.09. The largest absolute Gasteiger partial charge is 0.465 e. The Morgan fingerprint density at radius 1 is 1.62 bits per heavy atom. The maximum Gasteiger partial charge on any atom is 0.340 e. The molecule has 0 saturated carbocycles. The number of nitrogen functional groups attached to an aromatic ring is 1. The fourth-order valence-electron chi connectivity index (χ4n) is 0.864. The Balaban J connectivity index is 3.28. The van der Waals surface area contributed by atoms with Gasteiger partial charge in [0.25, 0.3) is 0 Å². The summed E-state index contributed by atoms with van der Waals surface area (Å²) in [6.07, 6.45) is 0. The van der Waals surface area contributed by atoms with E-state index in [4.69, 9.17) is 5.73 Å². The van der Waals surface area contributed by atoms with Crippen LogP contribution in [0.5, 0.6) is 0 Å². The number of nitrogens with two attached hydrogens (primary N) is 1. The molecule has 1 aromatic rings. The Morgan fingerprint density at radius 2 is 2.23 bits per heavy atom. The lowest BCUT2D eigenvalue weighted by atomic mass is 10.2. The van der Waals surface area contributed by atoms with Crippen LogP contribution in [0.15, 0.2) is 12.1 Å². The second-order valence-corrected chi connectivity index (χ2v) is 3.59. The number of ether oxygens (including phenoxy) is 1. The van der Waals surface area contributed by atoms with Gasteiger partial charge in [0.1, 0.15) is 5.82 Å². The van der Waals surface area contributed by atoms with Gasteiger partial charge in [-0.2, -0.15) is 0 Å². The third-order valence-electron chi connectivity index (χ3n) is 1.50. The summed E-state index contributed by atoms with van der Waals surface area (Å²) in [5.74, 6) is -1.23. The van der Waals surface area contributed by atoms with Crippen molar-refractivity contribution in [2.24, 2.45) is 0 Å². The molecule has 0 aliphatic heterocycles. The molecule has 0 aliphatic rings. The van der Waals surface area contributed by atoms with Gasteiger partial charge < -0.3 is 10.5 Å². The molecule has 2 N–H and O–H groups in total. The molecule has 3 nitrogen and oxygen atoms in total. The Morgan fingerprint density at radius 3 is 2.77 bits per heavy atom. The monoisotopic (exact) mass is 295 g/mol. The first-order valence-corrected chi connectivity index (χ1v) is 4.47. The number of anilines is 1. The topological polar surface area (TPSA) is 52.3 Å². The number of methoxy groups -OCH3 is 1. The highest BCUT2D eigenvalue weighted by atomic mass is 127. The first-order valence-electron chi connectivity index (χ1n) is 3.39. The minimum absolute atomic E-state index is 0.0619. The standard InChI is InChI=1S/C8H7FINO2/c1-13-8(12)5-2-4(10)3-6(9)7(5)11/h2-3H,11H2,1H3. The highest BCUT2D eigenvalue weighted by Gasteiger charge is 2.14. The van der Waals surface area contributed by atoms with E-state index in [0.717, 1.165) is 0 Å². The molecule has 1 rings (SSSR count). The predicted molar refractivity (Wildman–Crippen MR) is 54.9 cm³/mol. The van der Waals surface area contributed by atoms with E-state index in [1.165, 1.54) is 19.2 Å². The van der Waals surface area contributed by atoms with Gasteiger partial charge >= 0.3 is 5.97 Å². The van der Waals surface area contributed by atoms with Gasteiger partial charge in [-0.25, -0.2) is 9.18 Å². The number of carbonyl (C=O) groups excluding carboxylic acids is 1. The van der Waals surface area contributed by atoms with E-state index in [9.17, 15) is 9.18 Å². The van der Waals surface area contributed by atoms with Crippen molar-refractivity contribution in [1.82, 2.24) is 0 Å². The number of esters is 1. The summed E-state index contributed by atoms with van der Waals surface area (Å²) in [5, 5.41) is 0. The lowest BCUT2D eigenvalue weighted by Gasteiger charge is -2.04. The molecular formula is C8H7FINO2. The molecule has 13 heavy (non-hydrogen) atoms. The molecule has 0 fully saturated rings. The first kappa shape index (κ1) is 10.2. The molecule has 0 amide bonds. The number of rotatable bonds is 1. The van der Waals surface area contributed by atoms with Crippen LogP contribution in [-0.2, 0) is 4.74 Å². The molecular weight excluding hydrogens is 288 g/mol. The highest BCUT2D eigenvalue weighted by molar-refractivity contribution is 14.1. The van der Waals surface area contributed by atoms with Crippen molar-refractivity contribution in [3.05, 3.63) is 27.1 Å². The Hall–Kier alpha value is -0.850. The van der Waals surface area contributed by atoms with Crippen LogP contribution in [-0.4, -0.2) is 13.1 Å². The van der Waals surface area contributed by atoms with Crippen LogP contribution in [0.3, 0.4) is 0 Å². The second kappa shape index (κ2) is 3.91. The van der Waals surface area contributed by atoms with Crippen molar-refractivity contribution >= 4 is 34.2 Å². The molecule has 0 bridgehead atoms. The molecule has 0 radical (unpaired) electrons. The van der Waals surface area contributed by atoms with E-state index in [2.05, 4.69) is 4.74 Å². The van der Waals surface area contributed by atoms with Crippen LogP contribution in [0.1, 0.15) is 10.4 Å². The van der Waals surface area contributed by atoms with E-state index < -0.39 is 11.8 Å². The van der Waals surface area contributed by atoms with Gasteiger partial charge in [0.2, 0.25) is 0 Å². The summed E-state index contributed by atoms with van der Waals surface area (Å²) < 4.78 is 18.0. The van der Waals surface area contributed by atoms with E-state index in [0.29, 0.717) is 3.57 Å². The van der Waals surface area contributed by atoms with E-state index in [1.807, 2.05) is 22.6 Å². The zero-order valence-corrected chi connectivity index (χ0v) is 8.96. The fourth-order valence-corrected chi connectivity index (χ4v) is 1.45. The summed E-state index contributed by atoms with van der Waals surface area (Å²) in [4.78, 5) is 11.1. The molecule has 0 heterocycles. The number of halogens is 2. The lowest BCUT2D eigenvalue weighted by Crippen LogP contribution is -2.07. The quantitative estimate of drug-likeness (QED) is 0.488. The average Bonchev–Trinajstić information content (AvgIpc) is 2.10. The Labute approximate surface area is 88.2 Å². The predicted octanol–water partition coefficient (Wildman–Crippen LogP) is 1.80. The van der Waals surface area contributed by atoms with Gasteiger partial charge in [0.05, 0.1) is 18.4 Å². The van der Waals surface area contributed by atoms with Crippen molar-refractivity contribution in [3.8, 4) is 0 Å². The number of benzene rings is 1. The summed E-state index contributed by atoms with van der Waals surface area (Å²) in [7, 11) is 1.22. The lowest BCUT2D eigenvalue weighted by molar-refractivity contribution is 0.0601. The summed E-state index contributed by atoms with van der Waals surface area (Å²) >= 11 is 1.89. The van der Waals surface area contributed by atoms with Crippen LogP contribution in [0.2, 0.25) is 0 Å².